The van der Waals surface area contributed by atoms with Crippen molar-refractivity contribution >= 4 is 23.9 Å². The highest BCUT2D eigenvalue weighted by atomic mass is 16.5. The van der Waals surface area contributed by atoms with Gasteiger partial charge in [0.2, 0.25) is 5.91 Å². The molecular weight excluding hydrogens is 454 g/mol. The maximum atomic E-state index is 13.4. The van der Waals surface area contributed by atoms with Crippen molar-refractivity contribution in [2.45, 2.75) is 66.5 Å². The van der Waals surface area contributed by atoms with Crippen LogP contribution in [-0.2, 0) is 16.1 Å². The summed E-state index contributed by atoms with van der Waals surface area (Å²) in [5.41, 5.74) is 3.75. The lowest BCUT2D eigenvalue weighted by atomic mass is 10.0. The molecule has 0 aliphatic carbocycles. The van der Waals surface area contributed by atoms with Crippen LogP contribution in [0.25, 0.3) is 6.08 Å². The molecule has 1 aromatic carbocycles. The summed E-state index contributed by atoms with van der Waals surface area (Å²) >= 11 is 0. The number of nitrogens with zero attached hydrogens (tertiary/aromatic N) is 3. The number of likely N-dealkylation sites (tertiary alicyclic amines) is 1. The number of carbonyl (C=O) groups is 3. The summed E-state index contributed by atoms with van der Waals surface area (Å²) in [6.45, 7) is 12.7. The van der Waals surface area contributed by atoms with Crippen molar-refractivity contribution in [2.75, 3.05) is 26.2 Å². The molecule has 0 spiro atoms. The second-order valence-corrected chi connectivity index (χ2v) is 9.18. The quantitative estimate of drug-likeness (QED) is 0.370. The van der Waals surface area contributed by atoms with E-state index < -0.39 is 0 Å². The Balaban J connectivity index is 1.75. The third-order valence-electron chi connectivity index (χ3n) is 6.98. The molecule has 0 radical (unpaired) electrons. The molecular formula is C29H39N3O4. The zero-order valence-corrected chi connectivity index (χ0v) is 22.3. The van der Waals surface area contributed by atoms with E-state index in [4.69, 9.17) is 4.74 Å². The minimum Gasteiger partial charge on any atom is -0.462 e. The Labute approximate surface area is 214 Å². The SMILES string of the molecule is CCCN(C(=O)/C=C/c1c(C(=O)OCC)c(C)n(CC)c1C)C1CCN(C(=O)c2ccccc2)CC1. The number of hydrogen-bond acceptors (Lipinski definition) is 4. The van der Waals surface area contributed by atoms with Crippen molar-refractivity contribution in [3.8, 4) is 0 Å². The van der Waals surface area contributed by atoms with E-state index in [2.05, 4.69) is 11.5 Å². The van der Waals surface area contributed by atoms with Gasteiger partial charge in [0.15, 0.2) is 0 Å². The van der Waals surface area contributed by atoms with Gasteiger partial charge >= 0.3 is 5.97 Å². The van der Waals surface area contributed by atoms with Gasteiger partial charge in [0.1, 0.15) is 0 Å². The highest BCUT2D eigenvalue weighted by Gasteiger charge is 2.29. The van der Waals surface area contributed by atoms with Crippen molar-refractivity contribution in [1.82, 2.24) is 14.4 Å². The van der Waals surface area contributed by atoms with Gasteiger partial charge < -0.3 is 19.1 Å². The molecule has 1 aliphatic rings. The van der Waals surface area contributed by atoms with Crippen LogP contribution < -0.4 is 0 Å². The molecule has 1 aromatic heterocycles. The number of esters is 1. The largest absolute Gasteiger partial charge is 0.462 e. The zero-order chi connectivity index (χ0) is 26.2. The average Bonchev–Trinajstić information content (AvgIpc) is 3.14. The van der Waals surface area contributed by atoms with Crippen LogP contribution in [0.5, 0.6) is 0 Å². The Hall–Kier alpha value is -3.35. The first-order valence-corrected chi connectivity index (χ1v) is 13.0. The van der Waals surface area contributed by atoms with Gasteiger partial charge in [-0.2, -0.15) is 0 Å². The van der Waals surface area contributed by atoms with Gasteiger partial charge in [0, 0.05) is 60.8 Å². The van der Waals surface area contributed by atoms with Crippen molar-refractivity contribution in [2.24, 2.45) is 0 Å². The maximum Gasteiger partial charge on any atom is 0.340 e. The maximum absolute atomic E-state index is 13.4. The number of rotatable bonds is 9. The molecule has 7 nitrogen and oxygen atoms in total. The Morgan fingerprint density at radius 3 is 2.28 bits per heavy atom. The normalized spacial score (nSPS) is 14.3. The summed E-state index contributed by atoms with van der Waals surface area (Å²) in [5.74, 6) is -0.390. The second-order valence-electron chi connectivity index (χ2n) is 9.18. The molecule has 0 atom stereocenters. The van der Waals surface area contributed by atoms with Crippen LogP contribution in [0.15, 0.2) is 36.4 Å². The third kappa shape index (κ3) is 5.89. The van der Waals surface area contributed by atoms with E-state index in [0.29, 0.717) is 37.4 Å². The van der Waals surface area contributed by atoms with Gasteiger partial charge in [-0.3, -0.25) is 9.59 Å². The molecule has 2 aromatic rings. The number of benzene rings is 1. The first-order valence-electron chi connectivity index (χ1n) is 13.0. The average molecular weight is 494 g/mol. The molecule has 0 saturated carbocycles. The molecule has 0 bridgehead atoms. The van der Waals surface area contributed by atoms with E-state index >= 15 is 0 Å². The fourth-order valence-corrected chi connectivity index (χ4v) is 5.15. The lowest BCUT2D eigenvalue weighted by Crippen LogP contribution is -2.48. The molecule has 1 fully saturated rings. The molecule has 0 unspecified atom stereocenters. The highest BCUT2D eigenvalue weighted by Crippen LogP contribution is 2.26. The van der Waals surface area contributed by atoms with Gasteiger partial charge in [0.25, 0.3) is 5.91 Å². The van der Waals surface area contributed by atoms with E-state index in [1.807, 2.05) is 60.9 Å². The second kappa shape index (κ2) is 12.6. The molecule has 194 valence electrons. The monoisotopic (exact) mass is 493 g/mol. The summed E-state index contributed by atoms with van der Waals surface area (Å²) in [7, 11) is 0. The number of piperidine rings is 1. The summed E-state index contributed by atoms with van der Waals surface area (Å²) in [6.07, 6.45) is 5.69. The van der Waals surface area contributed by atoms with Crippen LogP contribution in [-0.4, -0.2) is 64.4 Å². The first kappa shape index (κ1) is 27.2. The Morgan fingerprint density at radius 1 is 1.03 bits per heavy atom. The van der Waals surface area contributed by atoms with Gasteiger partial charge in [0.05, 0.1) is 12.2 Å². The summed E-state index contributed by atoms with van der Waals surface area (Å²) in [5, 5.41) is 0. The third-order valence-corrected chi connectivity index (χ3v) is 6.98. The van der Waals surface area contributed by atoms with E-state index in [0.717, 1.165) is 42.8 Å². The van der Waals surface area contributed by atoms with E-state index in [1.165, 1.54) is 0 Å². The van der Waals surface area contributed by atoms with Crippen molar-refractivity contribution in [3.05, 3.63) is 64.5 Å². The molecule has 7 heteroatoms. The molecule has 2 amide bonds. The summed E-state index contributed by atoms with van der Waals surface area (Å²) in [6, 6.07) is 9.41. The van der Waals surface area contributed by atoms with E-state index in [1.54, 1.807) is 19.1 Å². The van der Waals surface area contributed by atoms with Crippen LogP contribution in [0.3, 0.4) is 0 Å². The van der Waals surface area contributed by atoms with Gasteiger partial charge in [-0.05, 0) is 65.2 Å². The van der Waals surface area contributed by atoms with Crippen LogP contribution in [0.2, 0.25) is 0 Å². The Morgan fingerprint density at radius 2 is 1.69 bits per heavy atom. The van der Waals surface area contributed by atoms with E-state index in [9.17, 15) is 14.4 Å². The standard InChI is InChI=1S/C29H39N3O4/c1-6-18-32(24-16-19-30(20-17-24)28(34)23-12-10-9-11-13-23)26(33)15-14-25-21(4)31(7-2)22(5)27(25)29(35)36-8-3/h9-15,24H,6-8,16-20H2,1-5H3/b15-14+. The molecule has 3 rings (SSSR count). The van der Waals surface area contributed by atoms with Crippen molar-refractivity contribution in [3.63, 3.8) is 0 Å². The fourth-order valence-electron chi connectivity index (χ4n) is 5.15. The smallest absolute Gasteiger partial charge is 0.340 e. The summed E-state index contributed by atoms with van der Waals surface area (Å²) in [4.78, 5) is 42.7. The van der Waals surface area contributed by atoms with Gasteiger partial charge in [-0.1, -0.05) is 25.1 Å². The molecule has 2 heterocycles. The lowest BCUT2D eigenvalue weighted by Gasteiger charge is -2.38. The molecule has 0 N–H and O–H groups in total. The topological polar surface area (TPSA) is 71.8 Å². The predicted molar refractivity (Wildman–Crippen MR) is 142 cm³/mol. The van der Waals surface area contributed by atoms with Crippen molar-refractivity contribution in [1.29, 1.82) is 0 Å². The van der Waals surface area contributed by atoms with E-state index in [-0.39, 0.29) is 23.8 Å². The first-order chi connectivity index (χ1) is 17.3. The zero-order valence-electron chi connectivity index (χ0n) is 22.3. The number of aromatic nitrogens is 1. The number of carbonyl (C=O) groups excluding carboxylic acids is 3. The predicted octanol–water partition coefficient (Wildman–Crippen LogP) is 4.86. The van der Waals surface area contributed by atoms with Crippen LogP contribution in [0.4, 0.5) is 0 Å². The number of ether oxygens (including phenoxy) is 1. The fraction of sp³-hybridized carbons (Fsp3) is 0.483. The highest BCUT2D eigenvalue weighted by molar-refractivity contribution is 5.99. The molecule has 1 aliphatic heterocycles. The molecule has 1 saturated heterocycles. The minimum atomic E-state index is -0.363. The van der Waals surface area contributed by atoms with Gasteiger partial charge in [-0.15, -0.1) is 0 Å². The number of amides is 2. The Kier molecular flexibility index (Phi) is 9.51. The van der Waals surface area contributed by atoms with Crippen LogP contribution in [0.1, 0.15) is 77.7 Å². The minimum absolute atomic E-state index is 0.0417. The number of hydrogen-bond donors (Lipinski definition) is 0. The summed E-state index contributed by atoms with van der Waals surface area (Å²) < 4.78 is 7.37. The lowest BCUT2D eigenvalue weighted by molar-refractivity contribution is -0.129. The van der Waals surface area contributed by atoms with Crippen molar-refractivity contribution < 1.29 is 19.1 Å². The van der Waals surface area contributed by atoms with Gasteiger partial charge in [-0.25, -0.2) is 4.79 Å². The molecule has 36 heavy (non-hydrogen) atoms. The van der Waals surface area contributed by atoms with Crippen LogP contribution in [0, 0.1) is 13.8 Å². The van der Waals surface area contributed by atoms with Crippen LogP contribution >= 0.6 is 0 Å². The Bertz CT molecular complexity index is 1100.